The summed E-state index contributed by atoms with van der Waals surface area (Å²) in [6, 6.07) is 8.05. The first-order valence-electron chi connectivity index (χ1n) is 10.1. The molecule has 1 fully saturated rings. The van der Waals surface area contributed by atoms with Crippen LogP contribution < -0.4 is 9.64 Å². The van der Waals surface area contributed by atoms with Gasteiger partial charge in [0.1, 0.15) is 5.75 Å². The van der Waals surface area contributed by atoms with Crippen LogP contribution in [0.1, 0.15) is 5.56 Å². The number of nitrogens with zero attached hydrogens (tertiary/aromatic N) is 7. The molecular formula is C22H25N7O. The summed E-state index contributed by atoms with van der Waals surface area (Å²) in [7, 11) is 3.64. The zero-order valence-corrected chi connectivity index (χ0v) is 17.3. The van der Waals surface area contributed by atoms with Crippen molar-refractivity contribution in [1.29, 1.82) is 0 Å². The topological polar surface area (TPSA) is 63.7 Å². The Hall–Kier alpha value is -3.39. The van der Waals surface area contributed by atoms with Gasteiger partial charge >= 0.3 is 0 Å². The quantitative estimate of drug-likeness (QED) is 0.510. The fraction of sp³-hybridized carbons (Fsp3) is 0.318. The molecule has 0 saturated carbocycles. The summed E-state index contributed by atoms with van der Waals surface area (Å²) in [6.07, 6.45) is 9.78. The number of methoxy groups -OCH3 is 1. The molecule has 8 nitrogen and oxygen atoms in total. The minimum Gasteiger partial charge on any atom is -0.497 e. The lowest BCUT2D eigenvalue weighted by Crippen LogP contribution is -2.46. The first-order valence-corrected chi connectivity index (χ1v) is 10.1. The van der Waals surface area contributed by atoms with Crippen LogP contribution in [0.25, 0.3) is 16.9 Å². The molecule has 0 aliphatic carbocycles. The van der Waals surface area contributed by atoms with E-state index in [4.69, 9.17) is 9.72 Å². The molecule has 4 aromatic rings. The molecule has 154 valence electrons. The van der Waals surface area contributed by atoms with Crippen LogP contribution in [-0.2, 0) is 13.6 Å². The van der Waals surface area contributed by atoms with Crippen LogP contribution in [0.3, 0.4) is 0 Å². The summed E-state index contributed by atoms with van der Waals surface area (Å²) in [5, 5.41) is 4.27. The van der Waals surface area contributed by atoms with Gasteiger partial charge in [-0.25, -0.2) is 9.97 Å². The van der Waals surface area contributed by atoms with E-state index < -0.39 is 0 Å². The number of fused-ring (bicyclic) bond motifs is 1. The molecule has 0 spiro atoms. The van der Waals surface area contributed by atoms with Crippen molar-refractivity contribution in [2.24, 2.45) is 7.05 Å². The zero-order valence-electron chi connectivity index (χ0n) is 17.3. The first kappa shape index (κ1) is 18.6. The lowest BCUT2D eigenvalue weighted by atomic mass is 10.1. The van der Waals surface area contributed by atoms with Crippen molar-refractivity contribution in [3.8, 4) is 17.0 Å². The Morgan fingerprint density at radius 3 is 2.50 bits per heavy atom. The second-order valence-corrected chi connectivity index (χ2v) is 7.60. The van der Waals surface area contributed by atoms with E-state index in [9.17, 15) is 0 Å². The number of anilines is 1. The third-order valence-corrected chi connectivity index (χ3v) is 5.63. The first-order chi connectivity index (χ1) is 14.7. The van der Waals surface area contributed by atoms with Crippen LogP contribution >= 0.6 is 0 Å². The Balaban J connectivity index is 1.34. The lowest BCUT2D eigenvalue weighted by Gasteiger charge is -2.35. The van der Waals surface area contributed by atoms with Crippen LogP contribution in [0, 0.1) is 0 Å². The van der Waals surface area contributed by atoms with Crippen molar-refractivity contribution in [3.63, 3.8) is 0 Å². The standard InChI is InChI=1S/C22H25N7O/c1-26-15-17(13-25-26)16-27-9-11-28(12-10-27)21-22-24-14-20(29(22)8-7-23-21)18-3-5-19(30-2)6-4-18/h3-8,13-15H,9-12,16H2,1-2H3. The molecule has 0 amide bonds. The van der Waals surface area contributed by atoms with Gasteiger partial charge in [0, 0.05) is 69.5 Å². The van der Waals surface area contributed by atoms with Crippen molar-refractivity contribution >= 4 is 11.5 Å². The largest absolute Gasteiger partial charge is 0.497 e. The number of benzene rings is 1. The van der Waals surface area contributed by atoms with Gasteiger partial charge in [-0.05, 0) is 24.3 Å². The zero-order chi connectivity index (χ0) is 20.5. The Labute approximate surface area is 175 Å². The van der Waals surface area contributed by atoms with Gasteiger partial charge in [0.15, 0.2) is 11.5 Å². The fourth-order valence-electron chi connectivity index (χ4n) is 4.03. The number of ether oxygens (including phenoxy) is 1. The van der Waals surface area contributed by atoms with Gasteiger partial charge in [-0.15, -0.1) is 0 Å². The van der Waals surface area contributed by atoms with Crippen LogP contribution in [0.5, 0.6) is 5.75 Å². The van der Waals surface area contributed by atoms with Crippen LogP contribution in [0.2, 0.25) is 0 Å². The highest BCUT2D eigenvalue weighted by atomic mass is 16.5. The highest BCUT2D eigenvalue weighted by molar-refractivity contribution is 5.71. The fourth-order valence-corrected chi connectivity index (χ4v) is 4.03. The van der Waals surface area contributed by atoms with Crippen LogP contribution in [0.15, 0.2) is 55.2 Å². The molecule has 0 unspecified atom stereocenters. The SMILES string of the molecule is COc1ccc(-c2cnc3c(N4CCN(Cc5cnn(C)c5)CC4)nccn23)cc1. The van der Waals surface area contributed by atoms with Crippen molar-refractivity contribution in [3.05, 3.63) is 60.8 Å². The van der Waals surface area contributed by atoms with Crippen molar-refractivity contribution in [1.82, 2.24) is 29.0 Å². The molecular weight excluding hydrogens is 378 g/mol. The average Bonchev–Trinajstić information content (AvgIpc) is 3.40. The molecule has 0 atom stereocenters. The van der Waals surface area contributed by atoms with E-state index in [1.54, 1.807) is 7.11 Å². The molecule has 8 heteroatoms. The number of rotatable bonds is 5. The number of aryl methyl sites for hydroxylation is 1. The molecule has 0 bridgehead atoms. The predicted molar refractivity (Wildman–Crippen MR) is 116 cm³/mol. The number of imidazole rings is 1. The Kier molecular flexibility index (Phi) is 4.84. The van der Waals surface area contributed by atoms with Gasteiger partial charge in [0.25, 0.3) is 0 Å². The predicted octanol–water partition coefficient (Wildman–Crippen LogP) is 2.46. The lowest BCUT2D eigenvalue weighted by molar-refractivity contribution is 0.249. The monoisotopic (exact) mass is 403 g/mol. The number of piperazine rings is 1. The van der Waals surface area contributed by atoms with Crippen LogP contribution in [-0.4, -0.2) is 62.3 Å². The van der Waals surface area contributed by atoms with E-state index in [0.717, 1.165) is 61.2 Å². The summed E-state index contributed by atoms with van der Waals surface area (Å²) < 4.78 is 9.25. The summed E-state index contributed by atoms with van der Waals surface area (Å²) in [5.74, 6) is 1.79. The number of aromatic nitrogens is 5. The van der Waals surface area contributed by atoms with E-state index in [-0.39, 0.29) is 0 Å². The van der Waals surface area contributed by atoms with E-state index in [2.05, 4.69) is 42.6 Å². The van der Waals surface area contributed by atoms with Gasteiger partial charge < -0.3 is 9.64 Å². The Morgan fingerprint density at radius 1 is 1.00 bits per heavy atom. The summed E-state index contributed by atoms with van der Waals surface area (Å²) in [4.78, 5) is 14.2. The highest BCUT2D eigenvalue weighted by Crippen LogP contribution is 2.27. The second-order valence-electron chi connectivity index (χ2n) is 7.60. The van der Waals surface area contributed by atoms with Crippen molar-refractivity contribution in [2.45, 2.75) is 6.54 Å². The Morgan fingerprint density at radius 2 is 1.80 bits per heavy atom. The summed E-state index contributed by atoms with van der Waals surface area (Å²) in [5.41, 5.74) is 4.29. The third-order valence-electron chi connectivity index (χ3n) is 5.63. The van der Waals surface area contributed by atoms with Gasteiger partial charge in [-0.1, -0.05) is 0 Å². The molecule has 1 aromatic carbocycles. The van der Waals surface area contributed by atoms with Crippen LogP contribution in [0.4, 0.5) is 5.82 Å². The van der Waals surface area contributed by atoms with Gasteiger partial charge in [-0.2, -0.15) is 5.10 Å². The van der Waals surface area contributed by atoms with Crippen molar-refractivity contribution < 1.29 is 4.74 Å². The molecule has 4 heterocycles. The molecule has 1 saturated heterocycles. The molecule has 1 aliphatic heterocycles. The molecule has 1 aliphatic rings. The summed E-state index contributed by atoms with van der Waals surface area (Å²) in [6.45, 7) is 4.77. The molecule has 5 rings (SSSR count). The number of hydrogen-bond acceptors (Lipinski definition) is 6. The molecule has 30 heavy (non-hydrogen) atoms. The van der Waals surface area contributed by atoms with Gasteiger partial charge in [0.2, 0.25) is 0 Å². The van der Waals surface area contributed by atoms with Gasteiger partial charge in [-0.3, -0.25) is 14.0 Å². The van der Waals surface area contributed by atoms with Crippen molar-refractivity contribution in [2.75, 3.05) is 38.2 Å². The third kappa shape index (κ3) is 3.50. The van der Waals surface area contributed by atoms with E-state index in [0.29, 0.717) is 0 Å². The molecule has 0 radical (unpaired) electrons. The average molecular weight is 403 g/mol. The second kappa shape index (κ2) is 7.79. The van der Waals surface area contributed by atoms with Gasteiger partial charge in [0.05, 0.1) is 25.2 Å². The normalized spacial score (nSPS) is 15.1. The van der Waals surface area contributed by atoms with E-state index in [1.807, 2.05) is 48.6 Å². The molecule has 3 aromatic heterocycles. The highest BCUT2D eigenvalue weighted by Gasteiger charge is 2.21. The maximum absolute atomic E-state index is 5.27. The molecule has 0 N–H and O–H groups in total. The smallest absolute Gasteiger partial charge is 0.180 e. The number of hydrogen-bond donors (Lipinski definition) is 0. The maximum atomic E-state index is 5.27. The van der Waals surface area contributed by atoms with E-state index >= 15 is 0 Å². The van der Waals surface area contributed by atoms with E-state index in [1.165, 1.54) is 5.56 Å². The minimum absolute atomic E-state index is 0.846. The maximum Gasteiger partial charge on any atom is 0.180 e. The summed E-state index contributed by atoms with van der Waals surface area (Å²) >= 11 is 0. The Bertz CT molecular complexity index is 1140. The minimum atomic E-state index is 0.846.